The van der Waals surface area contributed by atoms with Crippen LogP contribution in [0.2, 0.25) is 0 Å². The molecule has 0 saturated heterocycles. The van der Waals surface area contributed by atoms with E-state index in [1.54, 1.807) is 0 Å². The van der Waals surface area contributed by atoms with Crippen LogP contribution in [0.1, 0.15) is 60.4 Å². The fraction of sp³-hybridized carbons (Fsp3) is 0.294. The van der Waals surface area contributed by atoms with Gasteiger partial charge in [0.15, 0.2) is 5.78 Å². The number of halogens is 1. The topological polar surface area (TPSA) is 70.1 Å². The predicted molar refractivity (Wildman–Crippen MR) is 168 cm³/mol. The highest BCUT2D eigenvalue weighted by Gasteiger charge is 2.45. The van der Waals surface area contributed by atoms with E-state index in [1.165, 1.54) is 16.0 Å². The van der Waals surface area contributed by atoms with Gasteiger partial charge in [0.1, 0.15) is 5.82 Å². The molecule has 4 nitrogen and oxygen atoms in total. The van der Waals surface area contributed by atoms with Crippen molar-refractivity contribution in [3.63, 3.8) is 0 Å². The van der Waals surface area contributed by atoms with E-state index in [-0.39, 0.29) is 11.2 Å². The Labute approximate surface area is 250 Å². The van der Waals surface area contributed by atoms with E-state index in [4.69, 9.17) is 5.73 Å². The third-order valence-electron chi connectivity index (χ3n) is 7.93. The van der Waals surface area contributed by atoms with Crippen molar-refractivity contribution in [3.05, 3.63) is 116 Å². The van der Waals surface area contributed by atoms with Gasteiger partial charge in [0.25, 0.3) is 0 Å². The monoisotopic (exact) mass is 611 g/mol. The van der Waals surface area contributed by atoms with Crippen LogP contribution in [-0.4, -0.2) is 5.78 Å². The molecule has 0 bridgehead atoms. The first kappa shape index (κ1) is 28.3. The standard InChI is InChI=1S/C34H34BrN3OS/c1-20-13-23(19-40-30-12-7-6-9-21(30)2)22(3)26(14-20)31-27(18-36)33(37)38(25-11-8-10-24(35)15-25)28-16-34(4,5)17-29(39)32(28)31/h6-15,31H,16-17,19,37H2,1-5H3. The number of allylic oxidation sites excluding steroid dienone is 3. The molecule has 0 fully saturated rings. The van der Waals surface area contributed by atoms with Gasteiger partial charge < -0.3 is 5.73 Å². The summed E-state index contributed by atoms with van der Waals surface area (Å²) in [5, 5.41) is 10.5. The van der Waals surface area contributed by atoms with Crippen LogP contribution in [0.15, 0.2) is 92.7 Å². The molecule has 3 aromatic carbocycles. The summed E-state index contributed by atoms with van der Waals surface area (Å²) in [6.45, 7) is 10.6. The zero-order valence-corrected chi connectivity index (χ0v) is 26.0. The molecule has 0 amide bonds. The first-order valence-electron chi connectivity index (χ1n) is 13.5. The number of anilines is 1. The number of hydrogen-bond donors (Lipinski definition) is 1. The zero-order chi connectivity index (χ0) is 28.8. The number of thioether (sulfide) groups is 1. The zero-order valence-electron chi connectivity index (χ0n) is 23.6. The third kappa shape index (κ3) is 5.25. The molecular formula is C34H34BrN3OS. The predicted octanol–water partition coefficient (Wildman–Crippen LogP) is 8.61. The van der Waals surface area contributed by atoms with Gasteiger partial charge in [0.2, 0.25) is 0 Å². The van der Waals surface area contributed by atoms with Gasteiger partial charge in [-0.3, -0.25) is 9.69 Å². The van der Waals surface area contributed by atoms with Crippen molar-refractivity contribution >= 4 is 39.2 Å². The lowest BCUT2D eigenvalue weighted by atomic mass is 9.68. The molecule has 204 valence electrons. The largest absolute Gasteiger partial charge is 0.384 e. The lowest BCUT2D eigenvalue weighted by Gasteiger charge is -2.44. The highest BCUT2D eigenvalue weighted by Crippen LogP contribution is 2.51. The molecule has 1 aliphatic heterocycles. The molecule has 1 aliphatic carbocycles. The molecule has 0 saturated carbocycles. The Bertz CT molecular complexity index is 1630. The number of aryl methyl sites for hydroxylation is 2. The van der Waals surface area contributed by atoms with E-state index in [2.05, 4.69) is 93.0 Å². The van der Waals surface area contributed by atoms with Gasteiger partial charge in [-0.25, -0.2) is 0 Å². The summed E-state index contributed by atoms with van der Waals surface area (Å²) in [4.78, 5) is 17.2. The van der Waals surface area contributed by atoms with E-state index in [0.29, 0.717) is 29.8 Å². The minimum atomic E-state index is -0.492. The number of benzene rings is 3. The number of carbonyl (C=O) groups is 1. The molecular weight excluding hydrogens is 578 g/mol. The molecule has 1 atom stereocenters. The first-order chi connectivity index (χ1) is 19.0. The number of ketones is 1. The Hall–Kier alpha value is -3.27. The van der Waals surface area contributed by atoms with Crippen molar-refractivity contribution in [2.75, 3.05) is 4.90 Å². The highest BCUT2D eigenvalue weighted by molar-refractivity contribution is 9.10. The summed E-state index contributed by atoms with van der Waals surface area (Å²) < 4.78 is 0.910. The highest BCUT2D eigenvalue weighted by atomic mass is 79.9. The second-order valence-corrected chi connectivity index (χ2v) is 13.6. The number of rotatable bonds is 5. The van der Waals surface area contributed by atoms with Gasteiger partial charge in [0, 0.05) is 38.5 Å². The third-order valence-corrected chi connectivity index (χ3v) is 9.65. The Balaban J connectivity index is 1.68. The lowest BCUT2D eigenvalue weighted by Crippen LogP contribution is -2.42. The smallest absolute Gasteiger partial charge is 0.162 e. The van der Waals surface area contributed by atoms with Crippen molar-refractivity contribution in [2.24, 2.45) is 11.1 Å². The van der Waals surface area contributed by atoms with Gasteiger partial charge in [0.05, 0.1) is 17.6 Å². The van der Waals surface area contributed by atoms with Crippen LogP contribution in [0.25, 0.3) is 0 Å². The lowest BCUT2D eigenvalue weighted by molar-refractivity contribution is -0.118. The first-order valence-corrected chi connectivity index (χ1v) is 15.3. The van der Waals surface area contributed by atoms with Crippen LogP contribution >= 0.6 is 27.7 Å². The quantitative estimate of drug-likeness (QED) is 0.292. The minimum absolute atomic E-state index is 0.0910. The average Bonchev–Trinajstić information content (AvgIpc) is 2.88. The molecule has 0 spiro atoms. The molecule has 1 unspecified atom stereocenters. The summed E-state index contributed by atoms with van der Waals surface area (Å²) in [7, 11) is 0. The van der Waals surface area contributed by atoms with Crippen LogP contribution < -0.4 is 10.6 Å². The van der Waals surface area contributed by atoms with Gasteiger partial charge >= 0.3 is 0 Å². The summed E-state index contributed by atoms with van der Waals surface area (Å²) in [5.41, 5.74) is 15.2. The molecule has 2 N–H and O–H groups in total. The van der Waals surface area contributed by atoms with Gasteiger partial charge in [-0.15, -0.1) is 11.8 Å². The fourth-order valence-electron chi connectivity index (χ4n) is 6.02. The van der Waals surface area contributed by atoms with E-state index in [9.17, 15) is 10.1 Å². The van der Waals surface area contributed by atoms with Crippen LogP contribution in [0.4, 0.5) is 5.69 Å². The number of carbonyl (C=O) groups excluding carboxylic acids is 1. The molecule has 2 aliphatic rings. The maximum atomic E-state index is 14.0. The maximum Gasteiger partial charge on any atom is 0.162 e. The SMILES string of the molecule is Cc1cc(CSc2ccccc2C)c(C)c(C2C(C#N)=C(N)N(c3cccc(Br)c3)C3=C2C(=O)CC(C)(C)C3)c1. The van der Waals surface area contributed by atoms with E-state index in [0.717, 1.165) is 38.3 Å². The number of nitrogens with zero attached hydrogens (tertiary/aromatic N) is 2. The van der Waals surface area contributed by atoms with Gasteiger partial charge in [-0.2, -0.15) is 5.26 Å². The molecule has 3 aromatic rings. The molecule has 1 heterocycles. The average molecular weight is 613 g/mol. The Morgan fingerprint density at radius 3 is 2.52 bits per heavy atom. The number of Topliss-reactive ketones (excluding diaryl/α,β-unsaturated/α-hetero) is 1. The van der Waals surface area contributed by atoms with Gasteiger partial charge in [-0.05, 0) is 79.1 Å². The van der Waals surface area contributed by atoms with Crippen LogP contribution in [0.3, 0.4) is 0 Å². The van der Waals surface area contributed by atoms with Crippen molar-refractivity contribution in [1.82, 2.24) is 0 Å². The van der Waals surface area contributed by atoms with E-state index < -0.39 is 5.92 Å². The van der Waals surface area contributed by atoms with Crippen molar-refractivity contribution in [3.8, 4) is 6.07 Å². The summed E-state index contributed by atoms with van der Waals surface area (Å²) in [6, 6.07) is 23.1. The normalized spacial score (nSPS) is 18.6. The van der Waals surface area contributed by atoms with E-state index in [1.807, 2.05) is 40.9 Å². The Kier molecular flexibility index (Phi) is 7.74. The Morgan fingerprint density at radius 1 is 1.07 bits per heavy atom. The summed E-state index contributed by atoms with van der Waals surface area (Å²) >= 11 is 5.39. The number of nitrogens with two attached hydrogens (primary N) is 1. The van der Waals surface area contributed by atoms with Crippen molar-refractivity contribution < 1.29 is 4.79 Å². The Morgan fingerprint density at radius 2 is 1.82 bits per heavy atom. The van der Waals surface area contributed by atoms with Crippen LogP contribution in [0.5, 0.6) is 0 Å². The number of nitriles is 1. The molecule has 5 rings (SSSR count). The van der Waals surface area contributed by atoms with Crippen molar-refractivity contribution in [2.45, 2.75) is 64.0 Å². The van der Waals surface area contributed by atoms with Crippen LogP contribution in [-0.2, 0) is 10.5 Å². The van der Waals surface area contributed by atoms with Gasteiger partial charge in [-0.1, -0.05) is 71.7 Å². The second kappa shape index (κ2) is 11.0. The molecule has 0 radical (unpaired) electrons. The molecule has 40 heavy (non-hydrogen) atoms. The van der Waals surface area contributed by atoms with Crippen molar-refractivity contribution in [1.29, 1.82) is 5.26 Å². The summed E-state index contributed by atoms with van der Waals surface area (Å²) in [5.74, 6) is 0.796. The second-order valence-electron chi connectivity index (χ2n) is 11.7. The fourth-order valence-corrected chi connectivity index (χ4v) is 7.49. The maximum absolute atomic E-state index is 14.0. The van der Waals surface area contributed by atoms with Crippen LogP contribution in [0, 0.1) is 37.5 Å². The minimum Gasteiger partial charge on any atom is -0.384 e. The van der Waals surface area contributed by atoms with E-state index >= 15 is 0 Å². The number of hydrogen-bond acceptors (Lipinski definition) is 5. The molecule has 0 aromatic heterocycles. The molecule has 6 heteroatoms. The summed E-state index contributed by atoms with van der Waals surface area (Å²) in [6.07, 6.45) is 1.13.